The SMILES string of the molecule is CC(=O)C1=C(O)C(C)(C)C(=O)C(C)(C)C1O. The Kier molecular flexibility index (Phi) is 2.76. The molecule has 0 radical (unpaired) electrons. The van der Waals surface area contributed by atoms with Crippen molar-refractivity contribution in [1.82, 2.24) is 0 Å². The molecule has 2 N–H and O–H groups in total. The van der Waals surface area contributed by atoms with Crippen molar-refractivity contribution in [3.63, 3.8) is 0 Å². The van der Waals surface area contributed by atoms with Crippen molar-refractivity contribution in [1.29, 1.82) is 0 Å². The fourth-order valence-corrected chi connectivity index (χ4v) is 2.22. The fourth-order valence-electron chi connectivity index (χ4n) is 2.22. The van der Waals surface area contributed by atoms with Gasteiger partial charge in [-0.05, 0) is 20.8 Å². The van der Waals surface area contributed by atoms with Gasteiger partial charge in [-0.25, -0.2) is 0 Å². The number of ketones is 2. The maximum absolute atomic E-state index is 12.1. The summed E-state index contributed by atoms with van der Waals surface area (Å²) in [7, 11) is 0. The van der Waals surface area contributed by atoms with E-state index in [1.165, 1.54) is 6.92 Å². The van der Waals surface area contributed by atoms with Crippen LogP contribution in [0.3, 0.4) is 0 Å². The topological polar surface area (TPSA) is 74.6 Å². The first-order valence-electron chi connectivity index (χ1n) is 5.22. The van der Waals surface area contributed by atoms with E-state index in [0.29, 0.717) is 0 Å². The lowest BCUT2D eigenvalue weighted by Gasteiger charge is -2.42. The molecule has 1 aliphatic rings. The maximum Gasteiger partial charge on any atom is 0.161 e. The second kappa shape index (κ2) is 3.42. The third kappa shape index (κ3) is 1.48. The van der Waals surface area contributed by atoms with Crippen molar-refractivity contribution >= 4 is 11.6 Å². The normalized spacial score (nSPS) is 28.1. The van der Waals surface area contributed by atoms with E-state index in [1.54, 1.807) is 27.7 Å². The van der Waals surface area contributed by atoms with Crippen LogP contribution in [0.1, 0.15) is 34.6 Å². The van der Waals surface area contributed by atoms with Gasteiger partial charge in [0.1, 0.15) is 5.76 Å². The summed E-state index contributed by atoms with van der Waals surface area (Å²) in [5.41, 5.74) is -2.23. The van der Waals surface area contributed by atoms with Crippen molar-refractivity contribution in [3.8, 4) is 0 Å². The first-order valence-corrected chi connectivity index (χ1v) is 5.22. The Balaban J connectivity index is 3.53. The molecule has 0 amide bonds. The first kappa shape index (κ1) is 12.9. The highest BCUT2D eigenvalue weighted by molar-refractivity contribution is 6.02. The van der Waals surface area contributed by atoms with Gasteiger partial charge in [-0.3, -0.25) is 9.59 Å². The summed E-state index contributed by atoms with van der Waals surface area (Å²) >= 11 is 0. The summed E-state index contributed by atoms with van der Waals surface area (Å²) in [6.07, 6.45) is -1.24. The molecule has 4 nitrogen and oxygen atoms in total. The second-order valence-electron chi connectivity index (χ2n) is 5.40. The molecule has 0 saturated carbocycles. The number of aliphatic hydroxyl groups excluding tert-OH is 2. The lowest BCUT2D eigenvalue weighted by atomic mass is 9.62. The first-order chi connectivity index (χ1) is 7.04. The van der Waals surface area contributed by atoms with E-state index >= 15 is 0 Å². The number of hydrogen-bond acceptors (Lipinski definition) is 4. The van der Waals surface area contributed by atoms with Crippen molar-refractivity contribution < 1.29 is 19.8 Å². The fraction of sp³-hybridized carbons (Fsp3) is 0.667. The minimum absolute atomic E-state index is 0.0467. The molecule has 0 fully saturated rings. The van der Waals surface area contributed by atoms with Gasteiger partial charge in [-0.1, -0.05) is 13.8 Å². The van der Waals surface area contributed by atoms with Crippen LogP contribution in [0, 0.1) is 10.8 Å². The second-order valence-corrected chi connectivity index (χ2v) is 5.40. The molecule has 0 aromatic rings. The molecule has 1 unspecified atom stereocenters. The molecule has 0 heterocycles. The van der Waals surface area contributed by atoms with Crippen molar-refractivity contribution in [3.05, 3.63) is 11.3 Å². The van der Waals surface area contributed by atoms with E-state index in [2.05, 4.69) is 0 Å². The molecule has 0 spiro atoms. The van der Waals surface area contributed by atoms with Gasteiger partial charge in [-0.2, -0.15) is 0 Å². The molecule has 16 heavy (non-hydrogen) atoms. The van der Waals surface area contributed by atoms with Gasteiger partial charge in [0, 0.05) is 0 Å². The predicted octanol–water partition coefficient (Wildman–Crippen LogP) is 1.38. The number of hydrogen-bond donors (Lipinski definition) is 2. The molecule has 4 heteroatoms. The van der Waals surface area contributed by atoms with E-state index in [0.717, 1.165) is 0 Å². The Hall–Kier alpha value is -1.16. The Morgan fingerprint density at radius 3 is 2.06 bits per heavy atom. The highest BCUT2D eigenvalue weighted by Crippen LogP contribution is 2.45. The van der Waals surface area contributed by atoms with Crippen LogP contribution in [0.4, 0.5) is 0 Å². The number of carbonyl (C=O) groups is 2. The molecule has 0 saturated heterocycles. The molecule has 1 rings (SSSR count). The van der Waals surface area contributed by atoms with Crippen molar-refractivity contribution in [2.45, 2.75) is 40.7 Å². The minimum Gasteiger partial charge on any atom is -0.511 e. The zero-order valence-corrected chi connectivity index (χ0v) is 10.3. The van der Waals surface area contributed by atoms with E-state index in [4.69, 9.17) is 0 Å². The van der Waals surface area contributed by atoms with E-state index in [9.17, 15) is 19.8 Å². The summed E-state index contributed by atoms with van der Waals surface area (Å²) in [4.78, 5) is 23.5. The maximum atomic E-state index is 12.1. The Labute approximate surface area is 95.0 Å². The van der Waals surface area contributed by atoms with E-state index in [-0.39, 0.29) is 17.1 Å². The quantitative estimate of drug-likeness (QED) is 0.708. The molecule has 90 valence electrons. The summed E-state index contributed by atoms with van der Waals surface area (Å²) in [6, 6.07) is 0. The summed E-state index contributed by atoms with van der Waals surface area (Å²) in [5.74, 6) is -0.981. The highest BCUT2D eigenvalue weighted by atomic mass is 16.3. The van der Waals surface area contributed by atoms with Gasteiger partial charge >= 0.3 is 0 Å². The Morgan fingerprint density at radius 1 is 1.25 bits per heavy atom. The Morgan fingerprint density at radius 2 is 1.69 bits per heavy atom. The van der Waals surface area contributed by atoms with Gasteiger partial charge < -0.3 is 10.2 Å². The number of allylic oxidation sites excluding steroid dienone is 1. The monoisotopic (exact) mass is 226 g/mol. The summed E-state index contributed by atoms with van der Waals surface area (Å²) in [6.45, 7) is 7.55. The lowest BCUT2D eigenvalue weighted by Crippen LogP contribution is -2.52. The van der Waals surface area contributed by atoms with Crippen LogP contribution >= 0.6 is 0 Å². The zero-order chi connectivity index (χ0) is 12.9. The lowest BCUT2D eigenvalue weighted by molar-refractivity contribution is -0.143. The largest absolute Gasteiger partial charge is 0.511 e. The smallest absolute Gasteiger partial charge is 0.161 e. The van der Waals surface area contributed by atoms with Gasteiger partial charge in [-0.15, -0.1) is 0 Å². The van der Waals surface area contributed by atoms with Gasteiger partial charge in [0.15, 0.2) is 11.6 Å². The van der Waals surface area contributed by atoms with Crippen LogP contribution in [0.2, 0.25) is 0 Å². The Bertz CT molecular complexity index is 388. The van der Waals surface area contributed by atoms with Gasteiger partial charge in [0.25, 0.3) is 0 Å². The number of Topliss-reactive ketones (excluding diaryl/α,β-unsaturated/α-hetero) is 2. The average molecular weight is 226 g/mol. The van der Waals surface area contributed by atoms with Crippen LogP contribution < -0.4 is 0 Å². The van der Waals surface area contributed by atoms with Crippen LogP contribution in [0.25, 0.3) is 0 Å². The molecule has 0 bridgehead atoms. The van der Waals surface area contributed by atoms with Crippen LogP contribution in [-0.4, -0.2) is 27.9 Å². The summed E-state index contributed by atoms with van der Waals surface area (Å²) < 4.78 is 0. The highest BCUT2D eigenvalue weighted by Gasteiger charge is 2.53. The van der Waals surface area contributed by atoms with Crippen molar-refractivity contribution in [2.24, 2.45) is 10.8 Å². The zero-order valence-electron chi connectivity index (χ0n) is 10.3. The van der Waals surface area contributed by atoms with Gasteiger partial charge in [0.05, 0.1) is 22.5 Å². The van der Waals surface area contributed by atoms with E-state index in [1.807, 2.05) is 0 Å². The van der Waals surface area contributed by atoms with Crippen LogP contribution in [-0.2, 0) is 9.59 Å². The third-order valence-corrected chi connectivity index (χ3v) is 3.34. The van der Waals surface area contributed by atoms with Crippen LogP contribution in [0.5, 0.6) is 0 Å². The molecule has 0 aromatic heterocycles. The molecular formula is C12H18O4. The standard InChI is InChI=1S/C12H18O4/c1-6(13)7-8(14)11(2,3)10(16)12(4,5)9(7)15/h8,14-15H,1-5H3. The molecular weight excluding hydrogens is 208 g/mol. The predicted molar refractivity (Wildman–Crippen MR) is 58.9 cm³/mol. The number of rotatable bonds is 1. The van der Waals surface area contributed by atoms with E-state index < -0.39 is 22.7 Å². The third-order valence-electron chi connectivity index (χ3n) is 3.34. The number of carbonyl (C=O) groups excluding carboxylic acids is 2. The van der Waals surface area contributed by atoms with Crippen LogP contribution in [0.15, 0.2) is 11.3 Å². The summed E-state index contributed by atoms with van der Waals surface area (Å²) in [5, 5.41) is 19.9. The number of aliphatic hydroxyl groups is 2. The van der Waals surface area contributed by atoms with Crippen molar-refractivity contribution in [2.75, 3.05) is 0 Å². The molecule has 0 aromatic carbocycles. The molecule has 0 aliphatic heterocycles. The minimum atomic E-state index is -1.24. The molecule has 1 aliphatic carbocycles. The molecule has 1 atom stereocenters. The van der Waals surface area contributed by atoms with Gasteiger partial charge in [0.2, 0.25) is 0 Å². The average Bonchev–Trinajstić information content (AvgIpc) is 2.14.